The summed E-state index contributed by atoms with van der Waals surface area (Å²) < 4.78 is 0. The van der Waals surface area contributed by atoms with E-state index in [0.29, 0.717) is 5.92 Å². The largest absolute Gasteiger partial charge is 0.465 e. The zero-order valence-corrected chi connectivity index (χ0v) is 9.90. The number of hydrogen-bond acceptors (Lipinski definition) is 2. The molecule has 0 bridgehead atoms. The molecule has 2 saturated heterocycles. The fraction of sp³-hybridized carbons (Fsp3) is 0.917. The number of carboxylic acid groups (broad SMARTS) is 1. The predicted octanol–water partition coefficient (Wildman–Crippen LogP) is 1.86. The molecule has 4 heteroatoms. The van der Waals surface area contributed by atoms with Crippen molar-refractivity contribution in [3.8, 4) is 0 Å². The molecule has 1 N–H and O–H groups in total. The van der Waals surface area contributed by atoms with E-state index in [4.69, 9.17) is 5.11 Å². The minimum atomic E-state index is -0.747. The molecule has 2 fully saturated rings. The monoisotopic (exact) mass is 226 g/mol. The summed E-state index contributed by atoms with van der Waals surface area (Å²) in [5.41, 5.74) is 0. The maximum absolute atomic E-state index is 10.9. The van der Waals surface area contributed by atoms with Crippen molar-refractivity contribution in [2.24, 2.45) is 5.92 Å². The number of rotatable bonds is 2. The van der Waals surface area contributed by atoms with Gasteiger partial charge in [0.25, 0.3) is 0 Å². The third-order valence-corrected chi connectivity index (χ3v) is 3.75. The van der Waals surface area contributed by atoms with Crippen LogP contribution in [0.15, 0.2) is 0 Å². The molecule has 2 aliphatic rings. The molecule has 16 heavy (non-hydrogen) atoms. The molecule has 0 aliphatic carbocycles. The summed E-state index contributed by atoms with van der Waals surface area (Å²) in [5, 5.41) is 8.97. The molecule has 0 aromatic rings. The van der Waals surface area contributed by atoms with Gasteiger partial charge in [-0.2, -0.15) is 0 Å². The van der Waals surface area contributed by atoms with Crippen molar-refractivity contribution in [3.63, 3.8) is 0 Å². The second-order valence-corrected chi connectivity index (χ2v) is 5.10. The van der Waals surface area contributed by atoms with Crippen molar-refractivity contribution in [2.45, 2.75) is 32.1 Å². The van der Waals surface area contributed by atoms with Crippen molar-refractivity contribution >= 4 is 6.09 Å². The molecule has 2 heterocycles. The van der Waals surface area contributed by atoms with Crippen LogP contribution in [0.3, 0.4) is 0 Å². The van der Waals surface area contributed by atoms with Gasteiger partial charge in [-0.15, -0.1) is 0 Å². The van der Waals surface area contributed by atoms with Gasteiger partial charge in [0.2, 0.25) is 0 Å². The molecule has 2 aliphatic heterocycles. The van der Waals surface area contributed by atoms with E-state index in [0.717, 1.165) is 26.1 Å². The van der Waals surface area contributed by atoms with Gasteiger partial charge >= 0.3 is 6.09 Å². The van der Waals surface area contributed by atoms with E-state index in [1.54, 1.807) is 4.90 Å². The Kier molecular flexibility index (Phi) is 4.04. The van der Waals surface area contributed by atoms with Crippen LogP contribution in [-0.4, -0.2) is 53.7 Å². The lowest BCUT2D eigenvalue weighted by Gasteiger charge is -2.35. The normalized spacial score (nSPS) is 28.0. The second-order valence-electron chi connectivity index (χ2n) is 5.10. The van der Waals surface area contributed by atoms with Gasteiger partial charge < -0.3 is 14.9 Å². The van der Waals surface area contributed by atoms with E-state index < -0.39 is 6.09 Å². The molecule has 0 aromatic carbocycles. The first-order valence-corrected chi connectivity index (χ1v) is 6.46. The first-order chi connectivity index (χ1) is 7.75. The van der Waals surface area contributed by atoms with Crippen LogP contribution in [0.25, 0.3) is 0 Å². The molecular weight excluding hydrogens is 204 g/mol. The molecule has 1 unspecified atom stereocenters. The van der Waals surface area contributed by atoms with Crippen LogP contribution in [0.2, 0.25) is 0 Å². The zero-order valence-electron chi connectivity index (χ0n) is 9.90. The van der Waals surface area contributed by atoms with Gasteiger partial charge in [0, 0.05) is 19.6 Å². The van der Waals surface area contributed by atoms with E-state index in [1.165, 1.54) is 38.8 Å². The summed E-state index contributed by atoms with van der Waals surface area (Å²) in [7, 11) is 0. The van der Waals surface area contributed by atoms with Crippen molar-refractivity contribution < 1.29 is 9.90 Å². The Morgan fingerprint density at radius 1 is 1.12 bits per heavy atom. The zero-order chi connectivity index (χ0) is 11.4. The van der Waals surface area contributed by atoms with Crippen LogP contribution in [-0.2, 0) is 0 Å². The Morgan fingerprint density at radius 3 is 2.56 bits per heavy atom. The van der Waals surface area contributed by atoms with Crippen LogP contribution >= 0.6 is 0 Å². The third-order valence-electron chi connectivity index (χ3n) is 3.75. The standard InChI is InChI=1S/C12H22N2O2/c15-12(16)14-8-4-5-11(10-14)9-13-6-2-1-3-7-13/h11H,1-10H2,(H,15,16). The highest BCUT2D eigenvalue weighted by molar-refractivity contribution is 5.65. The molecule has 0 saturated carbocycles. The molecule has 0 aromatic heterocycles. The Bertz CT molecular complexity index is 239. The van der Waals surface area contributed by atoms with Crippen LogP contribution in [0, 0.1) is 5.92 Å². The quantitative estimate of drug-likeness (QED) is 0.781. The lowest BCUT2D eigenvalue weighted by Crippen LogP contribution is -2.44. The number of nitrogens with zero attached hydrogens (tertiary/aromatic N) is 2. The van der Waals surface area contributed by atoms with Crippen molar-refractivity contribution in [3.05, 3.63) is 0 Å². The maximum atomic E-state index is 10.9. The van der Waals surface area contributed by atoms with Gasteiger partial charge in [0.15, 0.2) is 0 Å². The van der Waals surface area contributed by atoms with Gasteiger partial charge in [-0.1, -0.05) is 6.42 Å². The summed E-state index contributed by atoms with van der Waals surface area (Å²) in [5.74, 6) is 0.558. The second kappa shape index (κ2) is 5.53. The third kappa shape index (κ3) is 3.11. The van der Waals surface area contributed by atoms with Gasteiger partial charge in [-0.3, -0.25) is 0 Å². The van der Waals surface area contributed by atoms with Gasteiger partial charge in [0.1, 0.15) is 0 Å². The molecule has 0 spiro atoms. The fourth-order valence-corrected chi connectivity index (χ4v) is 2.89. The summed E-state index contributed by atoms with van der Waals surface area (Å²) in [6.07, 6.45) is 5.47. The molecule has 92 valence electrons. The molecule has 0 radical (unpaired) electrons. The van der Waals surface area contributed by atoms with E-state index in [9.17, 15) is 4.79 Å². The topological polar surface area (TPSA) is 43.8 Å². The van der Waals surface area contributed by atoms with Crippen LogP contribution in [0.5, 0.6) is 0 Å². The lowest BCUT2D eigenvalue weighted by molar-refractivity contribution is 0.102. The number of carbonyl (C=O) groups is 1. The summed E-state index contributed by atoms with van der Waals surface area (Å²) in [6, 6.07) is 0. The summed E-state index contributed by atoms with van der Waals surface area (Å²) >= 11 is 0. The fourth-order valence-electron chi connectivity index (χ4n) is 2.89. The predicted molar refractivity (Wildman–Crippen MR) is 62.6 cm³/mol. The van der Waals surface area contributed by atoms with Gasteiger partial charge in [-0.05, 0) is 44.7 Å². The molecule has 2 rings (SSSR count). The minimum Gasteiger partial charge on any atom is -0.465 e. The van der Waals surface area contributed by atoms with Gasteiger partial charge in [-0.25, -0.2) is 4.79 Å². The Morgan fingerprint density at radius 2 is 1.88 bits per heavy atom. The van der Waals surface area contributed by atoms with E-state index in [2.05, 4.69) is 4.90 Å². The highest BCUT2D eigenvalue weighted by atomic mass is 16.4. The first kappa shape index (κ1) is 11.7. The van der Waals surface area contributed by atoms with E-state index in [1.807, 2.05) is 0 Å². The van der Waals surface area contributed by atoms with Crippen molar-refractivity contribution in [1.29, 1.82) is 0 Å². The molecular formula is C12H22N2O2. The first-order valence-electron chi connectivity index (χ1n) is 6.46. The number of amides is 1. The highest BCUT2D eigenvalue weighted by Crippen LogP contribution is 2.19. The highest BCUT2D eigenvalue weighted by Gasteiger charge is 2.25. The van der Waals surface area contributed by atoms with Crippen LogP contribution in [0.4, 0.5) is 4.79 Å². The summed E-state index contributed by atoms with van der Waals surface area (Å²) in [4.78, 5) is 15.0. The maximum Gasteiger partial charge on any atom is 0.407 e. The summed E-state index contributed by atoms with van der Waals surface area (Å²) in [6.45, 7) is 4.99. The number of likely N-dealkylation sites (tertiary alicyclic amines) is 2. The van der Waals surface area contributed by atoms with Crippen LogP contribution in [0.1, 0.15) is 32.1 Å². The SMILES string of the molecule is O=C(O)N1CCCC(CN2CCCCC2)C1. The lowest BCUT2D eigenvalue weighted by atomic mass is 9.97. The van der Waals surface area contributed by atoms with Crippen molar-refractivity contribution in [2.75, 3.05) is 32.7 Å². The van der Waals surface area contributed by atoms with Gasteiger partial charge in [0.05, 0.1) is 0 Å². The van der Waals surface area contributed by atoms with E-state index >= 15 is 0 Å². The van der Waals surface area contributed by atoms with E-state index in [-0.39, 0.29) is 0 Å². The number of hydrogen-bond donors (Lipinski definition) is 1. The Balaban J connectivity index is 1.78. The molecule has 1 atom stereocenters. The average molecular weight is 226 g/mol. The van der Waals surface area contributed by atoms with Crippen molar-refractivity contribution in [1.82, 2.24) is 9.80 Å². The minimum absolute atomic E-state index is 0.558. The average Bonchev–Trinajstić information content (AvgIpc) is 2.30. The Labute approximate surface area is 97.2 Å². The molecule has 1 amide bonds. The Hall–Kier alpha value is -0.770. The van der Waals surface area contributed by atoms with Crippen LogP contribution < -0.4 is 0 Å². The molecule has 4 nitrogen and oxygen atoms in total. The smallest absolute Gasteiger partial charge is 0.407 e. The number of piperidine rings is 2.